The van der Waals surface area contributed by atoms with Crippen LogP contribution >= 0.6 is 23.2 Å². The second kappa shape index (κ2) is 5.00. The summed E-state index contributed by atoms with van der Waals surface area (Å²) in [5, 5.41) is 2.52. The molecule has 2 aromatic carbocycles. The summed E-state index contributed by atoms with van der Waals surface area (Å²) in [5.74, 6) is 0. The molecule has 0 N–H and O–H groups in total. The van der Waals surface area contributed by atoms with E-state index in [-0.39, 0.29) is 0 Å². The topological polar surface area (TPSA) is 0 Å². The van der Waals surface area contributed by atoms with E-state index in [2.05, 4.69) is 47.6 Å². The van der Waals surface area contributed by atoms with Gasteiger partial charge in [-0.3, -0.25) is 0 Å². The average molecular weight is 295 g/mol. The number of hydrogen-bond donors (Lipinski definition) is 0. The molecule has 2 heteroatoms. The van der Waals surface area contributed by atoms with Crippen molar-refractivity contribution >= 4 is 34.0 Å². The Kier molecular flexibility index (Phi) is 3.86. The van der Waals surface area contributed by atoms with Crippen molar-refractivity contribution in [1.82, 2.24) is 0 Å². The van der Waals surface area contributed by atoms with E-state index < -0.39 is 4.84 Å². The van der Waals surface area contributed by atoms with Crippen molar-refractivity contribution < 1.29 is 0 Å². The molecule has 0 radical (unpaired) electrons. The molecule has 0 unspecified atom stereocenters. The smallest absolute Gasteiger partial charge is 0.100 e. The summed E-state index contributed by atoms with van der Waals surface area (Å²) in [7, 11) is 0. The van der Waals surface area contributed by atoms with Gasteiger partial charge in [0.2, 0.25) is 0 Å². The lowest BCUT2D eigenvalue weighted by atomic mass is 9.86. The third-order valence-corrected chi connectivity index (χ3v) is 5.01. The molecule has 2 rings (SSSR count). The molecule has 0 nitrogen and oxygen atoms in total. The van der Waals surface area contributed by atoms with Gasteiger partial charge >= 0.3 is 0 Å². The molecular weight excluding hydrogens is 275 g/mol. The second-order valence-electron chi connectivity index (χ2n) is 5.46. The minimum Gasteiger partial charge on any atom is -0.100 e. The number of rotatable bonds is 1. The largest absolute Gasteiger partial charge is 0.133 e. The van der Waals surface area contributed by atoms with E-state index in [4.69, 9.17) is 23.2 Å². The van der Waals surface area contributed by atoms with Gasteiger partial charge in [-0.15, -0.1) is 23.2 Å². The molecule has 0 amide bonds. The molecule has 0 bridgehead atoms. The van der Waals surface area contributed by atoms with Gasteiger partial charge in [-0.1, -0.05) is 6.07 Å². The fourth-order valence-electron chi connectivity index (χ4n) is 2.93. The Morgan fingerprint density at radius 3 is 1.79 bits per heavy atom. The Balaban J connectivity index is 3.12. The van der Waals surface area contributed by atoms with E-state index in [1.54, 1.807) is 0 Å². The highest BCUT2D eigenvalue weighted by atomic mass is 35.5. The third kappa shape index (κ3) is 2.15. The van der Waals surface area contributed by atoms with Gasteiger partial charge in [-0.05, 0) is 91.3 Å². The highest BCUT2D eigenvalue weighted by Gasteiger charge is 2.19. The first-order chi connectivity index (χ1) is 8.77. The van der Waals surface area contributed by atoms with Crippen molar-refractivity contribution in [3.8, 4) is 0 Å². The Morgan fingerprint density at radius 1 is 0.737 bits per heavy atom. The highest BCUT2D eigenvalue weighted by molar-refractivity contribution is 6.44. The van der Waals surface area contributed by atoms with E-state index >= 15 is 0 Å². The molecule has 0 aromatic heterocycles. The fourth-order valence-corrected chi connectivity index (χ4v) is 3.49. The van der Waals surface area contributed by atoms with Crippen LogP contribution < -0.4 is 0 Å². The van der Waals surface area contributed by atoms with E-state index in [9.17, 15) is 0 Å². The fraction of sp³-hybridized carbons (Fsp3) is 0.412. The number of alkyl halides is 2. The van der Waals surface area contributed by atoms with Crippen LogP contribution in [0.25, 0.3) is 10.8 Å². The molecule has 0 saturated carbocycles. The zero-order chi connectivity index (χ0) is 14.5. The molecule has 19 heavy (non-hydrogen) atoms. The van der Waals surface area contributed by atoms with Crippen LogP contribution in [-0.2, 0) is 0 Å². The van der Waals surface area contributed by atoms with Crippen molar-refractivity contribution in [2.75, 3.05) is 0 Å². The molecule has 0 atom stereocenters. The minimum atomic E-state index is -0.483. The van der Waals surface area contributed by atoms with Gasteiger partial charge in [-0.2, -0.15) is 0 Å². The third-order valence-electron chi connectivity index (χ3n) is 4.57. The van der Waals surface area contributed by atoms with Crippen LogP contribution in [-0.4, -0.2) is 0 Å². The lowest BCUT2D eigenvalue weighted by Gasteiger charge is -2.21. The molecule has 2 aromatic rings. The van der Waals surface area contributed by atoms with Crippen molar-refractivity contribution in [1.29, 1.82) is 0 Å². The van der Waals surface area contributed by atoms with Gasteiger partial charge in [0, 0.05) is 0 Å². The lowest BCUT2D eigenvalue weighted by molar-refractivity contribution is 1.20. The van der Waals surface area contributed by atoms with Crippen molar-refractivity contribution in [3.63, 3.8) is 0 Å². The standard InChI is InChI=1S/C17H20Cl2/c1-8-7-14-15(11(4)9(8)2)12(5)10(3)13(6)16(14)17(18)19/h7,17H,1-6H3. The first-order valence-electron chi connectivity index (χ1n) is 6.55. The van der Waals surface area contributed by atoms with Crippen LogP contribution in [0.3, 0.4) is 0 Å². The number of hydrogen-bond acceptors (Lipinski definition) is 0. The maximum Gasteiger partial charge on any atom is 0.133 e. The molecular formula is C17H20Cl2. The summed E-state index contributed by atoms with van der Waals surface area (Å²) in [6.07, 6.45) is 0. The van der Waals surface area contributed by atoms with Gasteiger partial charge in [0.25, 0.3) is 0 Å². The van der Waals surface area contributed by atoms with E-state index in [1.165, 1.54) is 44.2 Å². The van der Waals surface area contributed by atoms with Crippen LogP contribution in [0.15, 0.2) is 6.07 Å². The van der Waals surface area contributed by atoms with Crippen molar-refractivity contribution in [2.45, 2.75) is 46.4 Å². The Morgan fingerprint density at radius 2 is 1.26 bits per heavy atom. The van der Waals surface area contributed by atoms with E-state index in [1.807, 2.05) is 0 Å². The SMILES string of the molecule is Cc1cc2c(C(Cl)Cl)c(C)c(C)c(C)c2c(C)c1C. The van der Waals surface area contributed by atoms with Crippen LogP contribution in [0.1, 0.15) is 43.8 Å². The molecule has 102 valence electrons. The summed E-state index contributed by atoms with van der Waals surface area (Å²) >= 11 is 12.4. The number of aryl methyl sites for hydroxylation is 3. The Hall–Kier alpha value is -0.720. The zero-order valence-electron chi connectivity index (χ0n) is 12.4. The predicted octanol–water partition coefficient (Wildman–Crippen LogP) is 6.17. The molecule has 0 spiro atoms. The summed E-state index contributed by atoms with van der Waals surface area (Å²) in [6, 6.07) is 2.23. The van der Waals surface area contributed by atoms with Crippen LogP contribution in [0.4, 0.5) is 0 Å². The number of halogens is 2. The van der Waals surface area contributed by atoms with Gasteiger partial charge < -0.3 is 0 Å². The Bertz CT molecular complexity index is 659. The summed E-state index contributed by atoms with van der Waals surface area (Å²) in [5.41, 5.74) is 8.89. The predicted molar refractivity (Wildman–Crippen MR) is 86.8 cm³/mol. The highest BCUT2D eigenvalue weighted by Crippen LogP contribution is 2.40. The van der Waals surface area contributed by atoms with Crippen LogP contribution in [0.5, 0.6) is 0 Å². The first kappa shape index (κ1) is 14.7. The van der Waals surface area contributed by atoms with Gasteiger partial charge in [0.1, 0.15) is 4.84 Å². The first-order valence-corrected chi connectivity index (χ1v) is 7.43. The minimum absolute atomic E-state index is 0.483. The van der Waals surface area contributed by atoms with Gasteiger partial charge in [-0.25, -0.2) is 0 Å². The number of benzene rings is 2. The van der Waals surface area contributed by atoms with Gasteiger partial charge in [0.05, 0.1) is 0 Å². The van der Waals surface area contributed by atoms with E-state index in [0.29, 0.717) is 0 Å². The van der Waals surface area contributed by atoms with Crippen molar-refractivity contribution in [3.05, 3.63) is 45.0 Å². The average Bonchev–Trinajstić information content (AvgIpc) is 2.33. The van der Waals surface area contributed by atoms with Crippen molar-refractivity contribution in [2.24, 2.45) is 0 Å². The molecule has 0 fully saturated rings. The number of fused-ring (bicyclic) bond motifs is 1. The van der Waals surface area contributed by atoms with Gasteiger partial charge in [0.15, 0.2) is 0 Å². The maximum absolute atomic E-state index is 6.22. The molecule has 0 saturated heterocycles. The molecule has 0 aliphatic carbocycles. The Labute approximate surface area is 125 Å². The quantitative estimate of drug-likeness (QED) is 0.552. The lowest BCUT2D eigenvalue weighted by Crippen LogP contribution is -2.01. The normalized spacial score (nSPS) is 11.6. The molecule has 0 heterocycles. The van der Waals surface area contributed by atoms with Crippen LogP contribution in [0, 0.1) is 41.5 Å². The maximum atomic E-state index is 6.22. The molecule has 0 aliphatic heterocycles. The zero-order valence-corrected chi connectivity index (χ0v) is 13.9. The van der Waals surface area contributed by atoms with Crippen LogP contribution in [0.2, 0.25) is 0 Å². The summed E-state index contributed by atoms with van der Waals surface area (Å²) < 4.78 is 0. The van der Waals surface area contributed by atoms with E-state index in [0.717, 1.165) is 5.56 Å². The summed E-state index contributed by atoms with van der Waals surface area (Å²) in [6.45, 7) is 13.0. The summed E-state index contributed by atoms with van der Waals surface area (Å²) in [4.78, 5) is -0.483. The molecule has 0 aliphatic rings. The second-order valence-corrected chi connectivity index (χ2v) is 6.55. The monoisotopic (exact) mass is 294 g/mol.